The summed E-state index contributed by atoms with van der Waals surface area (Å²) in [6.45, 7) is 5.22. The highest BCUT2D eigenvalue weighted by Crippen LogP contribution is 2.33. The maximum absolute atomic E-state index is 3.66. The highest BCUT2D eigenvalue weighted by Gasteiger charge is 2.17. The number of hydrogen-bond acceptors (Lipinski definition) is 2. The lowest BCUT2D eigenvalue weighted by atomic mass is 9.97. The first-order valence-corrected chi connectivity index (χ1v) is 8.83. The van der Waals surface area contributed by atoms with Crippen molar-refractivity contribution in [1.29, 1.82) is 0 Å². The van der Waals surface area contributed by atoms with Crippen LogP contribution in [0.25, 0.3) is 10.1 Å². The molecule has 0 amide bonds. The van der Waals surface area contributed by atoms with Crippen LogP contribution in [0.15, 0.2) is 52.3 Å². The molecule has 0 spiro atoms. The summed E-state index contributed by atoms with van der Waals surface area (Å²) < 4.78 is 2.54. The molecule has 3 heteroatoms. The molecule has 108 valence electrons. The van der Waals surface area contributed by atoms with Crippen LogP contribution in [0.3, 0.4) is 0 Å². The maximum Gasteiger partial charge on any atom is 0.0591 e. The van der Waals surface area contributed by atoms with Crippen molar-refractivity contribution in [3.8, 4) is 0 Å². The number of halogens is 1. The first-order chi connectivity index (χ1) is 10.2. The molecule has 0 aliphatic rings. The fraction of sp³-hybridized carbons (Fsp3) is 0.222. The Morgan fingerprint density at radius 2 is 2.05 bits per heavy atom. The lowest BCUT2D eigenvalue weighted by Crippen LogP contribution is -2.22. The first-order valence-electron chi connectivity index (χ1n) is 7.16. The van der Waals surface area contributed by atoms with Crippen molar-refractivity contribution < 1.29 is 0 Å². The third-order valence-electron chi connectivity index (χ3n) is 3.76. The third-order valence-corrected chi connectivity index (χ3v) is 5.59. The van der Waals surface area contributed by atoms with E-state index >= 15 is 0 Å². The van der Waals surface area contributed by atoms with Gasteiger partial charge in [-0.05, 0) is 53.1 Å². The molecule has 0 fully saturated rings. The predicted molar refractivity (Wildman–Crippen MR) is 96.2 cm³/mol. The van der Waals surface area contributed by atoms with E-state index in [1.54, 1.807) is 0 Å². The van der Waals surface area contributed by atoms with E-state index in [0.717, 1.165) is 6.54 Å². The van der Waals surface area contributed by atoms with Gasteiger partial charge >= 0.3 is 0 Å². The molecular formula is C18H18BrNS. The first kappa shape index (κ1) is 14.8. The molecule has 1 heterocycles. The summed E-state index contributed by atoms with van der Waals surface area (Å²) >= 11 is 5.47. The van der Waals surface area contributed by atoms with Gasteiger partial charge in [0.25, 0.3) is 0 Å². The van der Waals surface area contributed by atoms with Crippen LogP contribution in [0, 0.1) is 6.92 Å². The van der Waals surface area contributed by atoms with E-state index in [1.165, 1.54) is 31.2 Å². The zero-order valence-electron chi connectivity index (χ0n) is 12.2. The molecule has 0 radical (unpaired) electrons. The molecule has 0 bridgehead atoms. The van der Waals surface area contributed by atoms with E-state index in [2.05, 4.69) is 82.9 Å². The van der Waals surface area contributed by atoms with E-state index in [0.29, 0.717) is 0 Å². The second-order valence-electron chi connectivity index (χ2n) is 5.19. The summed E-state index contributed by atoms with van der Waals surface area (Å²) in [7, 11) is 0. The maximum atomic E-state index is 3.66. The van der Waals surface area contributed by atoms with Gasteiger partial charge in [0.1, 0.15) is 0 Å². The Bertz CT molecular complexity index is 763. The van der Waals surface area contributed by atoms with Crippen LogP contribution in [-0.4, -0.2) is 6.54 Å². The number of hydrogen-bond donors (Lipinski definition) is 1. The van der Waals surface area contributed by atoms with E-state index in [9.17, 15) is 0 Å². The highest BCUT2D eigenvalue weighted by atomic mass is 79.9. The molecule has 1 N–H and O–H groups in total. The smallest absolute Gasteiger partial charge is 0.0591 e. The summed E-state index contributed by atoms with van der Waals surface area (Å²) in [5, 5.41) is 7.12. The Morgan fingerprint density at radius 3 is 2.81 bits per heavy atom. The minimum atomic E-state index is 0.231. The summed E-state index contributed by atoms with van der Waals surface area (Å²) in [4.78, 5) is 0. The average Bonchev–Trinajstić information content (AvgIpc) is 2.96. The number of nitrogens with one attached hydrogen (secondary N) is 1. The van der Waals surface area contributed by atoms with Crippen molar-refractivity contribution in [2.75, 3.05) is 6.54 Å². The number of fused-ring (bicyclic) bond motifs is 1. The SMILES string of the molecule is CCNC(c1ccc(C)c(Br)c1)c1cccc2ccsc12. The predicted octanol–water partition coefficient (Wildman–Crippen LogP) is 5.67. The minimum Gasteiger partial charge on any atom is -0.306 e. The van der Waals surface area contributed by atoms with Gasteiger partial charge in [-0.1, -0.05) is 53.2 Å². The Hall–Kier alpha value is -1.16. The van der Waals surface area contributed by atoms with Gasteiger partial charge in [-0.25, -0.2) is 0 Å². The van der Waals surface area contributed by atoms with E-state index in [-0.39, 0.29) is 6.04 Å². The van der Waals surface area contributed by atoms with Crippen molar-refractivity contribution in [2.45, 2.75) is 19.9 Å². The fourth-order valence-electron chi connectivity index (χ4n) is 2.64. The van der Waals surface area contributed by atoms with Crippen molar-refractivity contribution >= 4 is 37.4 Å². The number of thiophene rings is 1. The fourth-order valence-corrected chi connectivity index (χ4v) is 3.99. The number of benzene rings is 2. The molecule has 3 aromatic rings. The van der Waals surface area contributed by atoms with E-state index < -0.39 is 0 Å². The number of rotatable bonds is 4. The van der Waals surface area contributed by atoms with Gasteiger partial charge in [0.15, 0.2) is 0 Å². The summed E-state index contributed by atoms with van der Waals surface area (Å²) in [6.07, 6.45) is 0. The molecule has 2 aromatic carbocycles. The van der Waals surface area contributed by atoms with Crippen LogP contribution < -0.4 is 5.32 Å². The molecule has 1 aromatic heterocycles. The Balaban J connectivity index is 2.13. The van der Waals surface area contributed by atoms with Crippen molar-refractivity contribution in [2.24, 2.45) is 0 Å². The highest BCUT2D eigenvalue weighted by molar-refractivity contribution is 9.10. The Morgan fingerprint density at radius 1 is 1.19 bits per heavy atom. The monoisotopic (exact) mass is 359 g/mol. The zero-order chi connectivity index (χ0) is 14.8. The lowest BCUT2D eigenvalue weighted by molar-refractivity contribution is 0.634. The van der Waals surface area contributed by atoms with Crippen LogP contribution in [0.4, 0.5) is 0 Å². The van der Waals surface area contributed by atoms with Gasteiger partial charge in [0.05, 0.1) is 6.04 Å². The van der Waals surface area contributed by atoms with Crippen LogP contribution in [0.1, 0.15) is 29.7 Å². The Kier molecular flexibility index (Phi) is 4.43. The molecule has 3 rings (SSSR count). The molecular weight excluding hydrogens is 342 g/mol. The van der Waals surface area contributed by atoms with Gasteiger partial charge in [-0.15, -0.1) is 11.3 Å². The van der Waals surface area contributed by atoms with Crippen molar-refractivity contribution in [3.63, 3.8) is 0 Å². The molecule has 0 aliphatic carbocycles. The standard InChI is InChI=1S/C18H18BrNS/c1-3-20-17(14-8-7-12(2)16(19)11-14)15-6-4-5-13-9-10-21-18(13)15/h4-11,17,20H,3H2,1-2H3. The second kappa shape index (κ2) is 6.30. The van der Waals surface area contributed by atoms with E-state index in [4.69, 9.17) is 0 Å². The zero-order valence-corrected chi connectivity index (χ0v) is 14.6. The lowest BCUT2D eigenvalue weighted by Gasteiger charge is -2.20. The van der Waals surface area contributed by atoms with Crippen molar-refractivity contribution in [3.05, 3.63) is 69.0 Å². The summed E-state index contributed by atoms with van der Waals surface area (Å²) in [6, 6.07) is 15.6. The van der Waals surface area contributed by atoms with Gasteiger partial charge in [0.2, 0.25) is 0 Å². The molecule has 0 saturated heterocycles. The number of aryl methyl sites for hydroxylation is 1. The molecule has 21 heavy (non-hydrogen) atoms. The molecule has 1 unspecified atom stereocenters. The quantitative estimate of drug-likeness (QED) is 0.632. The largest absolute Gasteiger partial charge is 0.306 e. The Labute approximate surface area is 138 Å². The van der Waals surface area contributed by atoms with Gasteiger partial charge in [-0.3, -0.25) is 0 Å². The van der Waals surface area contributed by atoms with Gasteiger partial charge < -0.3 is 5.32 Å². The summed E-state index contributed by atoms with van der Waals surface area (Å²) in [5.74, 6) is 0. The average molecular weight is 360 g/mol. The van der Waals surface area contributed by atoms with Crippen molar-refractivity contribution in [1.82, 2.24) is 5.32 Å². The van der Waals surface area contributed by atoms with E-state index in [1.807, 2.05) is 11.3 Å². The minimum absolute atomic E-state index is 0.231. The third kappa shape index (κ3) is 2.91. The molecule has 1 atom stereocenters. The van der Waals surface area contributed by atoms with Crippen LogP contribution in [0.2, 0.25) is 0 Å². The van der Waals surface area contributed by atoms with Crippen LogP contribution >= 0.6 is 27.3 Å². The summed E-state index contributed by atoms with van der Waals surface area (Å²) in [5.41, 5.74) is 3.93. The molecule has 0 saturated carbocycles. The molecule has 0 aliphatic heterocycles. The molecule has 1 nitrogen and oxygen atoms in total. The van der Waals surface area contributed by atoms with Crippen LogP contribution in [0.5, 0.6) is 0 Å². The van der Waals surface area contributed by atoms with Crippen LogP contribution in [-0.2, 0) is 0 Å². The normalized spacial score (nSPS) is 12.7. The van der Waals surface area contributed by atoms with Gasteiger partial charge in [-0.2, -0.15) is 0 Å². The second-order valence-corrected chi connectivity index (χ2v) is 6.96. The topological polar surface area (TPSA) is 12.0 Å². The van der Waals surface area contributed by atoms with Gasteiger partial charge in [0, 0.05) is 9.17 Å².